The summed E-state index contributed by atoms with van der Waals surface area (Å²) in [6, 6.07) is 12.9. The van der Waals surface area contributed by atoms with Gasteiger partial charge in [-0.1, -0.05) is 24.3 Å². The lowest BCUT2D eigenvalue weighted by atomic mass is 10.1. The Balaban J connectivity index is 0.00000243. The molecule has 1 aliphatic carbocycles. The molecule has 26 heavy (non-hydrogen) atoms. The van der Waals surface area contributed by atoms with Gasteiger partial charge < -0.3 is 15.8 Å². The summed E-state index contributed by atoms with van der Waals surface area (Å²) in [5.41, 5.74) is 9.90. The van der Waals surface area contributed by atoms with E-state index in [4.69, 9.17) is 5.73 Å². The lowest BCUT2D eigenvalue weighted by Gasteiger charge is -2.10. The average Bonchev–Trinajstić information content (AvgIpc) is 3.24. The van der Waals surface area contributed by atoms with Gasteiger partial charge in [0.2, 0.25) is 0 Å². The van der Waals surface area contributed by atoms with Crippen molar-refractivity contribution in [2.45, 2.75) is 38.8 Å². The third-order valence-electron chi connectivity index (χ3n) is 4.09. The number of para-hydroxylation sites is 1. The maximum Gasteiger partial charge on any atom is 0.387 e. The molecule has 2 aromatic carbocycles. The summed E-state index contributed by atoms with van der Waals surface area (Å²) < 4.78 is 29.6. The number of aryl methyl sites for hydroxylation is 2. The fraction of sp³-hybridized carbons (Fsp3) is 0.316. The maximum atomic E-state index is 12.5. The molecule has 0 bridgehead atoms. The minimum absolute atomic E-state index is 0. The van der Waals surface area contributed by atoms with E-state index < -0.39 is 6.61 Å². The van der Waals surface area contributed by atoms with E-state index in [1.807, 2.05) is 32.0 Å². The van der Waals surface area contributed by atoms with Crippen molar-refractivity contribution in [1.29, 1.82) is 0 Å². The molecule has 0 amide bonds. The molecule has 1 fully saturated rings. The molecule has 0 aromatic heterocycles. The highest BCUT2D eigenvalue weighted by Crippen LogP contribution is 2.47. The second kappa shape index (κ2) is 8.66. The Labute approximate surface area is 168 Å². The summed E-state index contributed by atoms with van der Waals surface area (Å²) in [7, 11) is 0. The van der Waals surface area contributed by atoms with Crippen LogP contribution in [-0.4, -0.2) is 18.6 Å². The zero-order chi connectivity index (χ0) is 18.0. The third-order valence-corrected chi connectivity index (χ3v) is 4.09. The number of hydrogen-bond donors (Lipinski definition) is 2. The molecule has 0 saturated heterocycles. The Hall–Kier alpha value is -1.90. The average molecular weight is 473 g/mol. The SMILES string of the molecule is Cc1cc(C)cc(NC(N)=N[C@H]2C[C@@H]2c2ccccc2OC(F)F)c1.I. The highest BCUT2D eigenvalue weighted by atomic mass is 127. The molecule has 1 aliphatic rings. The minimum atomic E-state index is -2.84. The van der Waals surface area contributed by atoms with Gasteiger partial charge >= 0.3 is 6.61 Å². The van der Waals surface area contributed by atoms with E-state index in [0.29, 0.717) is 5.96 Å². The third kappa shape index (κ3) is 5.30. The monoisotopic (exact) mass is 473 g/mol. The number of aliphatic imine (C=N–C) groups is 1. The van der Waals surface area contributed by atoms with Crippen LogP contribution in [0.1, 0.15) is 29.0 Å². The van der Waals surface area contributed by atoms with Gasteiger partial charge in [-0.15, -0.1) is 24.0 Å². The number of benzene rings is 2. The molecule has 0 radical (unpaired) electrons. The molecule has 2 aromatic rings. The molecular formula is C19H22F2IN3O. The number of guanidine groups is 1. The van der Waals surface area contributed by atoms with Gasteiger partial charge in [-0.2, -0.15) is 8.78 Å². The van der Waals surface area contributed by atoms with E-state index in [9.17, 15) is 8.78 Å². The van der Waals surface area contributed by atoms with Crippen LogP contribution in [0.3, 0.4) is 0 Å². The zero-order valence-corrected chi connectivity index (χ0v) is 16.9. The Morgan fingerprint density at radius 1 is 1.19 bits per heavy atom. The molecule has 0 spiro atoms. The number of alkyl halides is 2. The van der Waals surface area contributed by atoms with Gasteiger partial charge in [-0.25, -0.2) is 4.99 Å². The van der Waals surface area contributed by atoms with Gasteiger partial charge in [0, 0.05) is 11.6 Å². The Kier molecular flexibility index (Phi) is 6.80. The zero-order valence-electron chi connectivity index (χ0n) is 14.6. The van der Waals surface area contributed by atoms with Crippen LogP contribution in [0, 0.1) is 13.8 Å². The van der Waals surface area contributed by atoms with Gasteiger partial charge in [0.1, 0.15) is 5.75 Å². The predicted molar refractivity (Wildman–Crippen MR) is 111 cm³/mol. The first-order valence-electron chi connectivity index (χ1n) is 8.14. The molecule has 140 valence electrons. The van der Waals surface area contributed by atoms with Crippen molar-refractivity contribution in [2.24, 2.45) is 10.7 Å². The fourth-order valence-corrected chi connectivity index (χ4v) is 3.05. The summed E-state index contributed by atoms with van der Waals surface area (Å²) in [6.07, 6.45) is 0.763. The van der Waals surface area contributed by atoms with E-state index in [0.717, 1.165) is 28.8 Å². The Morgan fingerprint density at radius 3 is 2.50 bits per heavy atom. The van der Waals surface area contributed by atoms with Crippen LogP contribution >= 0.6 is 24.0 Å². The lowest BCUT2D eigenvalue weighted by Crippen LogP contribution is -2.23. The van der Waals surface area contributed by atoms with E-state index in [1.165, 1.54) is 0 Å². The smallest absolute Gasteiger partial charge is 0.387 e. The van der Waals surface area contributed by atoms with Crippen molar-refractivity contribution < 1.29 is 13.5 Å². The molecule has 1 saturated carbocycles. The number of nitrogens with one attached hydrogen (secondary N) is 1. The first kappa shape index (κ1) is 20.4. The summed E-state index contributed by atoms with van der Waals surface area (Å²) in [4.78, 5) is 4.46. The molecular weight excluding hydrogens is 451 g/mol. The van der Waals surface area contributed by atoms with Gasteiger partial charge in [-0.05, 0) is 55.2 Å². The Bertz CT molecular complexity index is 778. The van der Waals surface area contributed by atoms with Gasteiger partial charge in [-0.3, -0.25) is 0 Å². The van der Waals surface area contributed by atoms with Crippen molar-refractivity contribution in [1.82, 2.24) is 0 Å². The van der Waals surface area contributed by atoms with E-state index in [2.05, 4.69) is 21.1 Å². The van der Waals surface area contributed by atoms with E-state index in [1.54, 1.807) is 18.2 Å². The van der Waals surface area contributed by atoms with Crippen LogP contribution < -0.4 is 15.8 Å². The molecule has 3 rings (SSSR count). The first-order valence-corrected chi connectivity index (χ1v) is 8.14. The van der Waals surface area contributed by atoms with E-state index >= 15 is 0 Å². The molecule has 7 heteroatoms. The largest absolute Gasteiger partial charge is 0.435 e. The van der Waals surface area contributed by atoms with E-state index in [-0.39, 0.29) is 41.7 Å². The summed E-state index contributed by atoms with van der Waals surface area (Å²) >= 11 is 0. The number of ether oxygens (including phenoxy) is 1. The van der Waals surface area contributed by atoms with Crippen LogP contribution in [0.4, 0.5) is 14.5 Å². The second-order valence-electron chi connectivity index (χ2n) is 6.34. The quantitative estimate of drug-likeness (QED) is 0.373. The van der Waals surface area contributed by atoms with Crippen LogP contribution in [0.15, 0.2) is 47.5 Å². The molecule has 0 unspecified atom stereocenters. The van der Waals surface area contributed by atoms with Crippen molar-refractivity contribution >= 4 is 35.6 Å². The lowest BCUT2D eigenvalue weighted by molar-refractivity contribution is -0.0504. The molecule has 2 atom stereocenters. The van der Waals surface area contributed by atoms with Gasteiger partial charge in [0.15, 0.2) is 5.96 Å². The number of anilines is 1. The fourth-order valence-electron chi connectivity index (χ4n) is 3.05. The van der Waals surface area contributed by atoms with Crippen molar-refractivity contribution in [3.05, 3.63) is 59.2 Å². The number of halogens is 3. The van der Waals surface area contributed by atoms with Gasteiger partial charge in [0.05, 0.1) is 6.04 Å². The highest BCUT2D eigenvalue weighted by Gasteiger charge is 2.40. The molecule has 4 nitrogen and oxygen atoms in total. The number of rotatable bonds is 5. The van der Waals surface area contributed by atoms with Crippen LogP contribution in [0.25, 0.3) is 0 Å². The highest BCUT2D eigenvalue weighted by molar-refractivity contribution is 14.0. The number of nitrogens with two attached hydrogens (primary N) is 1. The second-order valence-corrected chi connectivity index (χ2v) is 6.34. The maximum absolute atomic E-state index is 12.5. The molecule has 0 heterocycles. The standard InChI is InChI=1S/C19H21F2N3O.HI/c1-11-7-12(2)9-13(8-11)23-19(22)24-16-10-15(16)14-5-3-4-6-17(14)25-18(20)21;/h3-9,15-16,18H,10H2,1-2H3,(H3,22,23,24);1H/t15-,16+;/m1./s1. The molecule has 3 N–H and O–H groups in total. The summed E-state index contributed by atoms with van der Waals surface area (Å²) in [6.45, 7) is 1.20. The van der Waals surface area contributed by atoms with Crippen LogP contribution in [0.2, 0.25) is 0 Å². The van der Waals surface area contributed by atoms with Crippen molar-refractivity contribution in [3.8, 4) is 5.75 Å². The van der Waals surface area contributed by atoms with Crippen molar-refractivity contribution in [3.63, 3.8) is 0 Å². The first-order chi connectivity index (χ1) is 11.9. The van der Waals surface area contributed by atoms with Crippen LogP contribution in [0.5, 0.6) is 5.75 Å². The predicted octanol–water partition coefficient (Wildman–Crippen LogP) is 4.81. The van der Waals surface area contributed by atoms with Gasteiger partial charge in [0.25, 0.3) is 0 Å². The van der Waals surface area contributed by atoms with Crippen LogP contribution in [-0.2, 0) is 0 Å². The number of nitrogens with zero attached hydrogens (tertiary/aromatic N) is 1. The summed E-state index contributed by atoms with van der Waals surface area (Å²) in [5, 5.41) is 3.09. The van der Waals surface area contributed by atoms with Crippen molar-refractivity contribution in [2.75, 3.05) is 5.32 Å². The topological polar surface area (TPSA) is 59.6 Å². The molecule has 0 aliphatic heterocycles. The number of hydrogen-bond acceptors (Lipinski definition) is 2. The normalized spacial score (nSPS) is 19.0. The minimum Gasteiger partial charge on any atom is -0.435 e. The Morgan fingerprint density at radius 2 is 1.85 bits per heavy atom. The summed E-state index contributed by atoms with van der Waals surface area (Å²) in [5.74, 6) is 0.584.